The molecule has 2 N–H and O–H groups in total. The summed E-state index contributed by atoms with van der Waals surface area (Å²) in [5.41, 5.74) is 5.62. The molecule has 0 spiro atoms. The van der Waals surface area contributed by atoms with Crippen LogP contribution in [0.25, 0.3) is 0 Å². The number of hydrogen-bond donors (Lipinski definition) is 1. The molecule has 1 aliphatic rings. The molecule has 70 valence electrons. The normalized spacial score (nSPS) is 19.8. The Hall–Kier alpha value is -0.570. The minimum atomic E-state index is -0.165. The molecule has 0 saturated heterocycles. The van der Waals surface area contributed by atoms with Gasteiger partial charge in [-0.15, -0.1) is 0 Å². The fourth-order valence-corrected chi connectivity index (χ4v) is 1.21. The van der Waals surface area contributed by atoms with E-state index in [4.69, 9.17) is 10.5 Å². The van der Waals surface area contributed by atoms with E-state index in [0.717, 1.165) is 5.84 Å². The molecule has 0 aliphatic heterocycles. The highest BCUT2D eigenvalue weighted by Crippen LogP contribution is 2.29. The van der Waals surface area contributed by atoms with Gasteiger partial charge in [0.1, 0.15) is 0 Å². The average molecular weight is 170 g/mol. The van der Waals surface area contributed by atoms with Gasteiger partial charge < -0.3 is 10.5 Å². The number of ether oxygens (including phenoxy) is 1. The maximum Gasteiger partial charge on any atom is 0.0976 e. The Morgan fingerprint density at radius 3 is 2.58 bits per heavy atom. The van der Waals surface area contributed by atoms with Crippen molar-refractivity contribution in [2.24, 2.45) is 16.6 Å². The van der Waals surface area contributed by atoms with Crippen LogP contribution in [0.3, 0.4) is 0 Å². The van der Waals surface area contributed by atoms with E-state index >= 15 is 0 Å². The summed E-state index contributed by atoms with van der Waals surface area (Å²) in [6, 6.07) is 0. The molecule has 0 aromatic rings. The van der Waals surface area contributed by atoms with Gasteiger partial charge in [-0.3, -0.25) is 4.99 Å². The standard InChI is InChI=1S/C9H18N2O/c1-9(2,6-12-3)11-8(10)7-4-5-7/h7H,4-6H2,1-3H3,(H2,10,11). The molecule has 0 unspecified atom stereocenters. The third kappa shape index (κ3) is 2.81. The summed E-state index contributed by atoms with van der Waals surface area (Å²) in [5, 5.41) is 0. The first-order chi connectivity index (χ1) is 5.55. The maximum absolute atomic E-state index is 5.79. The summed E-state index contributed by atoms with van der Waals surface area (Å²) in [6.07, 6.45) is 2.41. The predicted molar refractivity (Wildman–Crippen MR) is 50.3 cm³/mol. The number of nitrogens with zero attached hydrogens (tertiary/aromatic N) is 1. The van der Waals surface area contributed by atoms with Crippen LogP contribution < -0.4 is 5.73 Å². The molecule has 3 nitrogen and oxygen atoms in total. The van der Waals surface area contributed by atoms with E-state index in [0.29, 0.717) is 12.5 Å². The monoisotopic (exact) mass is 170 g/mol. The zero-order chi connectivity index (χ0) is 9.19. The molecule has 1 saturated carbocycles. The van der Waals surface area contributed by atoms with Gasteiger partial charge in [0.25, 0.3) is 0 Å². The van der Waals surface area contributed by atoms with Crippen LogP contribution in [-0.4, -0.2) is 25.1 Å². The first-order valence-corrected chi connectivity index (χ1v) is 4.39. The van der Waals surface area contributed by atoms with Crippen molar-refractivity contribution in [3.05, 3.63) is 0 Å². The molecule has 0 aromatic carbocycles. The number of hydrogen-bond acceptors (Lipinski definition) is 2. The molecule has 0 heterocycles. The van der Waals surface area contributed by atoms with E-state index in [-0.39, 0.29) is 5.54 Å². The molecule has 1 rings (SSSR count). The minimum absolute atomic E-state index is 0.165. The molecule has 0 atom stereocenters. The summed E-state index contributed by atoms with van der Waals surface area (Å²) in [5.74, 6) is 1.36. The number of nitrogens with two attached hydrogens (primary N) is 1. The van der Waals surface area contributed by atoms with Crippen LogP contribution >= 0.6 is 0 Å². The summed E-state index contributed by atoms with van der Waals surface area (Å²) < 4.78 is 5.05. The molecule has 0 amide bonds. The Labute approximate surface area is 74.0 Å². The van der Waals surface area contributed by atoms with E-state index in [2.05, 4.69) is 4.99 Å². The van der Waals surface area contributed by atoms with Crippen LogP contribution in [0.15, 0.2) is 4.99 Å². The molecular weight excluding hydrogens is 152 g/mol. The van der Waals surface area contributed by atoms with Crippen LogP contribution in [-0.2, 0) is 4.74 Å². The average Bonchev–Trinajstić information content (AvgIpc) is 2.65. The van der Waals surface area contributed by atoms with Gasteiger partial charge in [0.05, 0.1) is 18.0 Å². The lowest BCUT2D eigenvalue weighted by Gasteiger charge is -2.19. The molecule has 1 aliphatic carbocycles. The number of methoxy groups -OCH3 is 1. The number of aliphatic imine (C=N–C) groups is 1. The zero-order valence-corrected chi connectivity index (χ0v) is 8.13. The van der Waals surface area contributed by atoms with E-state index in [1.807, 2.05) is 13.8 Å². The largest absolute Gasteiger partial charge is 0.387 e. The van der Waals surface area contributed by atoms with Gasteiger partial charge in [0, 0.05) is 13.0 Å². The number of amidine groups is 1. The minimum Gasteiger partial charge on any atom is -0.387 e. The van der Waals surface area contributed by atoms with E-state index < -0.39 is 0 Å². The molecule has 12 heavy (non-hydrogen) atoms. The lowest BCUT2D eigenvalue weighted by molar-refractivity contribution is 0.150. The van der Waals surface area contributed by atoms with Crippen molar-refractivity contribution >= 4 is 5.84 Å². The van der Waals surface area contributed by atoms with Crippen LogP contribution in [0.2, 0.25) is 0 Å². The van der Waals surface area contributed by atoms with E-state index in [9.17, 15) is 0 Å². The van der Waals surface area contributed by atoms with Gasteiger partial charge in [-0.05, 0) is 26.7 Å². The molecular formula is C9H18N2O. The van der Waals surface area contributed by atoms with Crippen LogP contribution in [0.1, 0.15) is 26.7 Å². The van der Waals surface area contributed by atoms with E-state index in [1.54, 1.807) is 7.11 Å². The Morgan fingerprint density at radius 2 is 2.17 bits per heavy atom. The van der Waals surface area contributed by atoms with Crippen LogP contribution in [0.4, 0.5) is 0 Å². The second kappa shape index (κ2) is 3.44. The summed E-state index contributed by atoms with van der Waals surface area (Å²) in [7, 11) is 1.69. The topological polar surface area (TPSA) is 47.6 Å². The van der Waals surface area contributed by atoms with Crippen molar-refractivity contribution in [2.75, 3.05) is 13.7 Å². The predicted octanol–water partition coefficient (Wildman–Crippen LogP) is 1.18. The second-order valence-electron chi connectivity index (χ2n) is 4.06. The third-order valence-electron chi connectivity index (χ3n) is 1.92. The fourth-order valence-electron chi connectivity index (χ4n) is 1.21. The highest BCUT2D eigenvalue weighted by molar-refractivity contribution is 5.85. The fraction of sp³-hybridized carbons (Fsp3) is 0.889. The van der Waals surface area contributed by atoms with E-state index in [1.165, 1.54) is 12.8 Å². The summed E-state index contributed by atoms with van der Waals surface area (Å²) in [6.45, 7) is 4.69. The van der Waals surface area contributed by atoms with Crippen LogP contribution in [0, 0.1) is 5.92 Å². The molecule has 3 heteroatoms. The van der Waals surface area contributed by atoms with Gasteiger partial charge in [-0.25, -0.2) is 0 Å². The summed E-state index contributed by atoms with van der Waals surface area (Å²) >= 11 is 0. The van der Waals surface area contributed by atoms with Crippen molar-refractivity contribution in [1.82, 2.24) is 0 Å². The van der Waals surface area contributed by atoms with Gasteiger partial charge in [0.15, 0.2) is 0 Å². The van der Waals surface area contributed by atoms with Gasteiger partial charge in [-0.1, -0.05) is 0 Å². The highest BCUT2D eigenvalue weighted by Gasteiger charge is 2.27. The quantitative estimate of drug-likeness (QED) is 0.508. The zero-order valence-electron chi connectivity index (χ0n) is 8.13. The SMILES string of the molecule is COCC(C)(C)N=C(N)C1CC1. The third-order valence-corrected chi connectivity index (χ3v) is 1.92. The van der Waals surface area contributed by atoms with Crippen molar-refractivity contribution < 1.29 is 4.74 Å². The van der Waals surface area contributed by atoms with Crippen LogP contribution in [0.5, 0.6) is 0 Å². The molecule has 0 bridgehead atoms. The van der Waals surface area contributed by atoms with Crippen molar-refractivity contribution in [1.29, 1.82) is 0 Å². The Balaban J connectivity index is 2.49. The first-order valence-electron chi connectivity index (χ1n) is 4.39. The molecule has 1 fully saturated rings. The molecule has 0 aromatic heterocycles. The van der Waals surface area contributed by atoms with Crippen molar-refractivity contribution in [3.63, 3.8) is 0 Å². The second-order valence-corrected chi connectivity index (χ2v) is 4.06. The molecule has 0 radical (unpaired) electrons. The van der Waals surface area contributed by atoms with Gasteiger partial charge >= 0.3 is 0 Å². The maximum atomic E-state index is 5.79. The lowest BCUT2D eigenvalue weighted by Crippen LogP contribution is -2.29. The smallest absolute Gasteiger partial charge is 0.0976 e. The Kier molecular flexibility index (Phi) is 2.73. The summed E-state index contributed by atoms with van der Waals surface area (Å²) in [4.78, 5) is 4.43. The first kappa shape index (κ1) is 9.52. The highest BCUT2D eigenvalue weighted by atomic mass is 16.5. The Bertz CT molecular complexity index is 183. The van der Waals surface area contributed by atoms with Crippen molar-refractivity contribution in [3.8, 4) is 0 Å². The van der Waals surface area contributed by atoms with Gasteiger partial charge in [0.2, 0.25) is 0 Å². The lowest BCUT2D eigenvalue weighted by atomic mass is 10.1. The van der Waals surface area contributed by atoms with Gasteiger partial charge in [-0.2, -0.15) is 0 Å². The Morgan fingerprint density at radius 1 is 1.58 bits per heavy atom. The number of rotatable bonds is 4. The van der Waals surface area contributed by atoms with Crippen molar-refractivity contribution in [2.45, 2.75) is 32.2 Å².